The SMILES string of the molecule is O=C(CNS(=O)(=O)c1cccs1)N[C@@H]1CCc2ccccc21. The minimum Gasteiger partial charge on any atom is -0.348 e. The number of thiophene rings is 1. The van der Waals surface area contributed by atoms with E-state index in [0.29, 0.717) is 0 Å². The molecule has 0 spiro atoms. The van der Waals surface area contributed by atoms with Crippen LogP contribution < -0.4 is 10.0 Å². The lowest BCUT2D eigenvalue weighted by Gasteiger charge is -2.14. The molecule has 2 N–H and O–H groups in total. The first-order valence-electron chi connectivity index (χ1n) is 6.96. The number of carbonyl (C=O) groups is 1. The second-order valence-electron chi connectivity index (χ2n) is 5.11. The third-order valence-corrected chi connectivity index (χ3v) is 6.45. The fraction of sp³-hybridized carbons (Fsp3) is 0.267. The predicted octanol–water partition coefficient (Wildman–Crippen LogP) is 1.83. The molecule has 1 amide bonds. The van der Waals surface area contributed by atoms with Crippen LogP contribution in [0.5, 0.6) is 0 Å². The molecule has 0 fully saturated rings. The maximum absolute atomic E-state index is 12.0. The molecule has 0 aliphatic heterocycles. The summed E-state index contributed by atoms with van der Waals surface area (Å²) < 4.78 is 26.4. The van der Waals surface area contributed by atoms with E-state index in [-0.39, 0.29) is 22.7 Å². The number of hydrogen-bond donors (Lipinski definition) is 2. The van der Waals surface area contributed by atoms with Crippen molar-refractivity contribution < 1.29 is 13.2 Å². The zero-order chi connectivity index (χ0) is 15.6. The highest BCUT2D eigenvalue weighted by atomic mass is 32.2. The average Bonchev–Trinajstić information content (AvgIpc) is 3.16. The summed E-state index contributed by atoms with van der Waals surface area (Å²) in [5.74, 6) is -0.318. The van der Waals surface area contributed by atoms with Gasteiger partial charge < -0.3 is 5.32 Å². The van der Waals surface area contributed by atoms with Gasteiger partial charge in [0, 0.05) is 0 Å². The topological polar surface area (TPSA) is 75.3 Å². The van der Waals surface area contributed by atoms with Gasteiger partial charge in [-0.3, -0.25) is 4.79 Å². The van der Waals surface area contributed by atoms with Crippen LogP contribution >= 0.6 is 11.3 Å². The third-order valence-electron chi connectivity index (χ3n) is 3.65. The van der Waals surface area contributed by atoms with E-state index in [1.165, 1.54) is 11.6 Å². The van der Waals surface area contributed by atoms with Gasteiger partial charge in [-0.1, -0.05) is 30.3 Å². The Morgan fingerprint density at radius 1 is 1.23 bits per heavy atom. The molecule has 1 heterocycles. The van der Waals surface area contributed by atoms with Gasteiger partial charge in [0.2, 0.25) is 5.91 Å². The summed E-state index contributed by atoms with van der Waals surface area (Å²) in [5.41, 5.74) is 2.36. The number of amides is 1. The minimum absolute atomic E-state index is 0.0325. The van der Waals surface area contributed by atoms with Crippen molar-refractivity contribution in [1.29, 1.82) is 0 Å². The molecule has 0 saturated heterocycles. The largest absolute Gasteiger partial charge is 0.348 e. The van der Waals surface area contributed by atoms with Crippen LogP contribution in [0.3, 0.4) is 0 Å². The second-order valence-corrected chi connectivity index (χ2v) is 8.06. The minimum atomic E-state index is -3.60. The molecule has 2 aromatic rings. The molecule has 7 heteroatoms. The van der Waals surface area contributed by atoms with Gasteiger partial charge in [0.1, 0.15) is 4.21 Å². The Kier molecular flexibility index (Phi) is 4.28. The van der Waals surface area contributed by atoms with Crippen molar-refractivity contribution in [1.82, 2.24) is 10.0 Å². The van der Waals surface area contributed by atoms with Gasteiger partial charge in [-0.15, -0.1) is 11.3 Å². The molecule has 1 aromatic heterocycles. The van der Waals surface area contributed by atoms with Crippen molar-refractivity contribution in [3.63, 3.8) is 0 Å². The van der Waals surface area contributed by atoms with E-state index in [1.54, 1.807) is 11.4 Å². The van der Waals surface area contributed by atoms with Gasteiger partial charge in [-0.2, -0.15) is 0 Å². The predicted molar refractivity (Wildman–Crippen MR) is 85.2 cm³/mol. The Morgan fingerprint density at radius 2 is 2.05 bits per heavy atom. The van der Waals surface area contributed by atoms with Gasteiger partial charge in [0.15, 0.2) is 0 Å². The van der Waals surface area contributed by atoms with Crippen LogP contribution in [-0.4, -0.2) is 20.9 Å². The molecule has 1 atom stereocenters. The first-order valence-corrected chi connectivity index (χ1v) is 9.33. The highest BCUT2D eigenvalue weighted by Crippen LogP contribution is 2.30. The molecule has 0 radical (unpaired) electrons. The Hall–Kier alpha value is -1.70. The molecule has 22 heavy (non-hydrogen) atoms. The molecule has 1 aliphatic carbocycles. The van der Waals surface area contributed by atoms with Crippen molar-refractivity contribution >= 4 is 27.3 Å². The second kappa shape index (κ2) is 6.20. The van der Waals surface area contributed by atoms with E-state index in [9.17, 15) is 13.2 Å². The van der Waals surface area contributed by atoms with Crippen molar-refractivity contribution in [2.24, 2.45) is 0 Å². The summed E-state index contributed by atoms with van der Waals surface area (Å²) in [5, 5.41) is 4.58. The Bertz CT molecular complexity index is 770. The third kappa shape index (κ3) is 3.21. The van der Waals surface area contributed by atoms with Crippen LogP contribution in [0.1, 0.15) is 23.6 Å². The first kappa shape index (κ1) is 15.2. The monoisotopic (exact) mass is 336 g/mol. The van der Waals surface area contributed by atoms with Crippen LogP contribution in [0.25, 0.3) is 0 Å². The zero-order valence-electron chi connectivity index (χ0n) is 11.8. The van der Waals surface area contributed by atoms with Crippen molar-refractivity contribution in [3.05, 3.63) is 52.9 Å². The van der Waals surface area contributed by atoms with Crippen LogP contribution in [-0.2, 0) is 21.2 Å². The Labute approximate surface area is 133 Å². The fourth-order valence-corrected chi connectivity index (χ4v) is 4.62. The van der Waals surface area contributed by atoms with E-state index >= 15 is 0 Å². The maximum Gasteiger partial charge on any atom is 0.250 e. The molecule has 116 valence electrons. The van der Waals surface area contributed by atoms with Gasteiger partial charge in [0.25, 0.3) is 10.0 Å². The zero-order valence-corrected chi connectivity index (χ0v) is 13.4. The van der Waals surface area contributed by atoms with Crippen LogP contribution in [0.4, 0.5) is 0 Å². The van der Waals surface area contributed by atoms with E-state index < -0.39 is 10.0 Å². The number of nitrogens with one attached hydrogen (secondary N) is 2. The van der Waals surface area contributed by atoms with Gasteiger partial charge >= 0.3 is 0 Å². The van der Waals surface area contributed by atoms with E-state index in [4.69, 9.17) is 0 Å². The van der Waals surface area contributed by atoms with Gasteiger partial charge in [-0.05, 0) is 35.4 Å². The molecular weight excluding hydrogens is 320 g/mol. The summed E-state index contributed by atoms with van der Waals surface area (Å²) in [6.45, 7) is -0.251. The average molecular weight is 336 g/mol. The molecule has 3 rings (SSSR count). The maximum atomic E-state index is 12.0. The molecular formula is C15H16N2O3S2. The Balaban J connectivity index is 1.58. The molecule has 1 aromatic carbocycles. The molecule has 0 saturated carbocycles. The summed E-state index contributed by atoms with van der Waals surface area (Å²) >= 11 is 1.12. The number of fused-ring (bicyclic) bond motifs is 1. The lowest BCUT2D eigenvalue weighted by atomic mass is 10.1. The highest BCUT2D eigenvalue weighted by molar-refractivity contribution is 7.91. The van der Waals surface area contributed by atoms with Crippen LogP contribution in [0.15, 0.2) is 46.0 Å². The van der Waals surface area contributed by atoms with Gasteiger partial charge in [0.05, 0.1) is 12.6 Å². The van der Waals surface area contributed by atoms with E-state index in [0.717, 1.165) is 29.7 Å². The standard InChI is InChI=1S/C15H16N2O3S2/c18-14(10-16-22(19,20)15-6-3-9-21-15)17-13-8-7-11-4-1-2-5-12(11)13/h1-6,9,13,16H,7-8,10H2,(H,17,18)/t13-/m1/s1. The van der Waals surface area contributed by atoms with Crippen LogP contribution in [0, 0.1) is 0 Å². The summed E-state index contributed by atoms with van der Waals surface area (Å²) in [7, 11) is -3.60. The Morgan fingerprint density at radius 3 is 2.82 bits per heavy atom. The lowest BCUT2D eigenvalue weighted by Crippen LogP contribution is -2.38. The smallest absolute Gasteiger partial charge is 0.250 e. The van der Waals surface area contributed by atoms with Gasteiger partial charge in [-0.25, -0.2) is 13.1 Å². The van der Waals surface area contributed by atoms with E-state index in [2.05, 4.69) is 16.1 Å². The normalized spacial score (nSPS) is 17.2. The number of benzene rings is 1. The molecule has 1 aliphatic rings. The number of hydrogen-bond acceptors (Lipinski definition) is 4. The van der Waals surface area contributed by atoms with Crippen molar-refractivity contribution in [2.75, 3.05) is 6.54 Å². The van der Waals surface area contributed by atoms with Crippen LogP contribution in [0.2, 0.25) is 0 Å². The molecule has 0 bridgehead atoms. The number of sulfonamides is 1. The lowest BCUT2D eigenvalue weighted by molar-refractivity contribution is -0.120. The molecule has 5 nitrogen and oxygen atoms in total. The van der Waals surface area contributed by atoms with E-state index in [1.807, 2.05) is 18.2 Å². The number of rotatable bonds is 5. The number of carbonyl (C=O) groups excluding carboxylic acids is 1. The quantitative estimate of drug-likeness (QED) is 0.875. The highest BCUT2D eigenvalue weighted by Gasteiger charge is 2.24. The molecule has 0 unspecified atom stereocenters. The summed E-state index contributed by atoms with van der Waals surface area (Å²) in [6, 6.07) is 11.1. The first-order chi connectivity index (χ1) is 10.6. The number of aryl methyl sites for hydroxylation is 1. The fourth-order valence-electron chi connectivity index (χ4n) is 2.60. The van der Waals surface area contributed by atoms with Crippen molar-refractivity contribution in [2.45, 2.75) is 23.1 Å². The summed E-state index contributed by atoms with van der Waals surface area (Å²) in [4.78, 5) is 12.0. The van der Waals surface area contributed by atoms with Crippen molar-refractivity contribution in [3.8, 4) is 0 Å². The summed E-state index contributed by atoms with van der Waals surface area (Å²) in [6.07, 6.45) is 1.78.